The molecule has 0 unspecified atom stereocenters. The number of anilines is 3. The molecule has 1 aliphatic heterocycles. The van der Waals surface area contributed by atoms with Gasteiger partial charge in [-0.1, -0.05) is 22.0 Å². The number of halogens is 3. The average Bonchev–Trinajstić information content (AvgIpc) is 2.84. The molecule has 11 heteroatoms. The molecule has 1 saturated heterocycles. The number of nitrogens with one attached hydrogen (secondary N) is 2. The van der Waals surface area contributed by atoms with Crippen LogP contribution in [0.4, 0.5) is 26.1 Å². The monoisotopic (exact) mass is 546 g/mol. The number of hydrogen-bond acceptors (Lipinski definition) is 7. The van der Waals surface area contributed by atoms with Crippen molar-refractivity contribution in [1.82, 2.24) is 19.9 Å². The normalized spacial score (nSPS) is 14.9. The first kappa shape index (κ1) is 25.1. The van der Waals surface area contributed by atoms with Crippen LogP contribution in [0.25, 0.3) is 10.9 Å². The second-order valence-electron chi connectivity index (χ2n) is 8.09. The number of alkyl halides is 2. The summed E-state index contributed by atoms with van der Waals surface area (Å²) in [4.78, 5) is 27.0. The van der Waals surface area contributed by atoms with Gasteiger partial charge in [-0.05, 0) is 43.3 Å². The van der Waals surface area contributed by atoms with Gasteiger partial charge in [-0.15, -0.1) is 0 Å². The van der Waals surface area contributed by atoms with Gasteiger partial charge in [0.05, 0.1) is 24.9 Å². The summed E-state index contributed by atoms with van der Waals surface area (Å²) in [7, 11) is 0. The van der Waals surface area contributed by atoms with Crippen LogP contribution in [0.3, 0.4) is 0 Å². The van der Waals surface area contributed by atoms with Crippen LogP contribution in [0, 0.1) is 0 Å². The minimum Gasteiger partial charge on any atom is -0.379 e. The van der Waals surface area contributed by atoms with Crippen LogP contribution in [-0.4, -0.2) is 64.5 Å². The molecule has 0 radical (unpaired) electrons. The third-order valence-electron chi connectivity index (χ3n) is 5.43. The van der Waals surface area contributed by atoms with Crippen LogP contribution >= 0.6 is 15.9 Å². The quantitative estimate of drug-likeness (QED) is 0.373. The largest absolute Gasteiger partial charge is 0.379 e. The van der Waals surface area contributed by atoms with Gasteiger partial charge in [-0.25, -0.2) is 23.7 Å². The Labute approximate surface area is 209 Å². The van der Waals surface area contributed by atoms with E-state index < -0.39 is 11.8 Å². The van der Waals surface area contributed by atoms with Crippen molar-refractivity contribution >= 4 is 50.1 Å². The number of rotatable bonds is 9. The maximum absolute atomic E-state index is 14.2. The summed E-state index contributed by atoms with van der Waals surface area (Å²) in [5.41, 5.74) is 1.37. The highest BCUT2D eigenvalue weighted by Gasteiger charge is 2.25. The van der Waals surface area contributed by atoms with Crippen LogP contribution in [-0.2, 0) is 9.53 Å². The smallest absolute Gasteiger partial charge is 0.267 e. The standard InChI is InChI=1S/C24H25BrF2N6O2/c25-17-3-1-4-18(13-17)31-23-19-14-21(28-15-20(19)29-16-30-23)32-22(34)5-7-24(26,27)6-2-8-33-9-11-35-12-10-33/h1,3-5,7,13-16H,2,6,8-12H2,(H,28,32,34)(H,29,30,31). The van der Waals surface area contributed by atoms with Gasteiger partial charge in [0.2, 0.25) is 5.91 Å². The molecule has 184 valence electrons. The van der Waals surface area contributed by atoms with Gasteiger partial charge >= 0.3 is 0 Å². The number of benzene rings is 1. The predicted molar refractivity (Wildman–Crippen MR) is 134 cm³/mol. The molecule has 35 heavy (non-hydrogen) atoms. The van der Waals surface area contributed by atoms with Crippen molar-refractivity contribution < 1.29 is 18.3 Å². The lowest BCUT2D eigenvalue weighted by atomic mass is 10.1. The Hall–Kier alpha value is -3.02. The molecule has 2 N–H and O–H groups in total. The number of aromatic nitrogens is 3. The Balaban J connectivity index is 1.37. The first-order valence-corrected chi connectivity index (χ1v) is 12.0. The minimum absolute atomic E-state index is 0.204. The lowest BCUT2D eigenvalue weighted by Crippen LogP contribution is -2.37. The molecule has 1 amide bonds. The molecule has 0 aliphatic carbocycles. The van der Waals surface area contributed by atoms with Crippen LogP contribution in [0.5, 0.6) is 0 Å². The first-order chi connectivity index (χ1) is 16.9. The highest BCUT2D eigenvalue weighted by atomic mass is 79.9. The molecule has 1 aliphatic rings. The lowest BCUT2D eigenvalue weighted by molar-refractivity contribution is -0.112. The zero-order valence-corrected chi connectivity index (χ0v) is 20.5. The number of morpholine rings is 1. The number of hydrogen-bond donors (Lipinski definition) is 2. The number of allylic oxidation sites excluding steroid dienone is 1. The van der Waals surface area contributed by atoms with E-state index in [0.29, 0.717) is 49.0 Å². The summed E-state index contributed by atoms with van der Waals surface area (Å²) in [5, 5.41) is 6.36. The summed E-state index contributed by atoms with van der Waals surface area (Å²) < 4.78 is 34.6. The zero-order chi connectivity index (χ0) is 24.7. The van der Waals surface area contributed by atoms with Crippen LogP contribution < -0.4 is 10.6 Å². The van der Waals surface area contributed by atoms with Crippen LogP contribution in [0.2, 0.25) is 0 Å². The summed E-state index contributed by atoms with van der Waals surface area (Å²) in [5.74, 6) is -3.04. The van der Waals surface area contributed by atoms with E-state index in [2.05, 4.69) is 46.4 Å². The molecular weight excluding hydrogens is 522 g/mol. The second kappa shape index (κ2) is 11.6. The number of carbonyl (C=O) groups is 1. The molecule has 0 spiro atoms. The Bertz CT molecular complexity index is 1200. The fourth-order valence-electron chi connectivity index (χ4n) is 3.64. The van der Waals surface area contributed by atoms with E-state index in [0.717, 1.165) is 29.3 Å². The van der Waals surface area contributed by atoms with E-state index in [1.54, 1.807) is 6.07 Å². The van der Waals surface area contributed by atoms with Gasteiger partial charge in [-0.2, -0.15) is 0 Å². The van der Waals surface area contributed by atoms with Gasteiger partial charge in [0.1, 0.15) is 18.0 Å². The van der Waals surface area contributed by atoms with Crippen molar-refractivity contribution in [3.8, 4) is 0 Å². The first-order valence-electron chi connectivity index (χ1n) is 11.2. The summed E-state index contributed by atoms with van der Waals surface area (Å²) in [6.07, 6.45) is 4.40. The Morgan fingerprint density at radius 2 is 2.03 bits per heavy atom. The number of nitrogens with zero attached hydrogens (tertiary/aromatic N) is 4. The molecule has 0 saturated carbocycles. The summed E-state index contributed by atoms with van der Waals surface area (Å²) in [6.45, 7) is 3.36. The van der Waals surface area contributed by atoms with Crippen molar-refractivity contribution in [2.24, 2.45) is 0 Å². The van der Waals surface area contributed by atoms with E-state index in [1.807, 2.05) is 24.3 Å². The summed E-state index contributed by atoms with van der Waals surface area (Å²) >= 11 is 3.43. The predicted octanol–water partition coefficient (Wildman–Crippen LogP) is 4.77. The Kier molecular flexibility index (Phi) is 8.32. The fraction of sp³-hybridized carbons (Fsp3) is 0.333. The number of amides is 1. The van der Waals surface area contributed by atoms with Crippen LogP contribution in [0.1, 0.15) is 12.8 Å². The van der Waals surface area contributed by atoms with Gasteiger partial charge in [0.25, 0.3) is 5.92 Å². The molecule has 8 nitrogen and oxygen atoms in total. The van der Waals surface area contributed by atoms with Crippen LogP contribution in [0.15, 0.2) is 59.5 Å². The number of carbonyl (C=O) groups excluding carboxylic acids is 1. The number of pyridine rings is 1. The SMILES string of the molecule is O=C(C=CC(F)(F)CCCN1CCOCC1)Nc1cc2c(Nc3cccc(Br)c3)ncnc2cn1. The lowest BCUT2D eigenvalue weighted by Gasteiger charge is -2.26. The molecule has 3 heterocycles. The highest BCUT2D eigenvalue weighted by Crippen LogP contribution is 2.26. The zero-order valence-electron chi connectivity index (χ0n) is 18.9. The molecule has 0 atom stereocenters. The van der Waals surface area contributed by atoms with Crippen molar-refractivity contribution in [3.05, 3.63) is 59.5 Å². The van der Waals surface area contributed by atoms with E-state index in [1.165, 1.54) is 12.5 Å². The molecule has 0 bridgehead atoms. The van der Waals surface area contributed by atoms with Gasteiger partial charge < -0.3 is 15.4 Å². The maximum Gasteiger partial charge on any atom is 0.267 e. The Morgan fingerprint density at radius 3 is 2.83 bits per heavy atom. The van der Waals surface area contributed by atoms with Crippen molar-refractivity contribution in [3.63, 3.8) is 0 Å². The third-order valence-corrected chi connectivity index (χ3v) is 5.92. The van der Waals surface area contributed by atoms with Gasteiger partial charge in [0.15, 0.2) is 0 Å². The van der Waals surface area contributed by atoms with E-state index in [-0.39, 0.29) is 12.2 Å². The van der Waals surface area contributed by atoms with Gasteiger partial charge in [0, 0.05) is 41.1 Å². The highest BCUT2D eigenvalue weighted by molar-refractivity contribution is 9.10. The number of ether oxygens (including phenoxy) is 1. The Morgan fingerprint density at radius 1 is 1.20 bits per heavy atom. The topological polar surface area (TPSA) is 92.3 Å². The van der Waals surface area contributed by atoms with E-state index >= 15 is 0 Å². The van der Waals surface area contributed by atoms with E-state index in [9.17, 15) is 13.6 Å². The molecule has 3 aromatic rings. The minimum atomic E-state index is -3.07. The fourth-order valence-corrected chi connectivity index (χ4v) is 4.04. The maximum atomic E-state index is 14.2. The molecule has 2 aromatic heterocycles. The second-order valence-corrected chi connectivity index (χ2v) is 9.00. The third kappa shape index (κ3) is 7.48. The molecule has 4 rings (SSSR count). The summed E-state index contributed by atoms with van der Waals surface area (Å²) in [6, 6.07) is 9.16. The molecular formula is C24H25BrF2N6O2. The molecule has 1 fully saturated rings. The average molecular weight is 547 g/mol. The molecule has 1 aromatic carbocycles. The van der Waals surface area contributed by atoms with Crippen molar-refractivity contribution in [2.45, 2.75) is 18.8 Å². The van der Waals surface area contributed by atoms with E-state index in [4.69, 9.17) is 4.74 Å². The van der Waals surface area contributed by atoms with Gasteiger partial charge in [-0.3, -0.25) is 9.69 Å². The van der Waals surface area contributed by atoms with Crippen molar-refractivity contribution in [1.29, 1.82) is 0 Å². The van der Waals surface area contributed by atoms with Crippen molar-refractivity contribution in [2.75, 3.05) is 43.5 Å². The number of fused-ring (bicyclic) bond motifs is 1.